The van der Waals surface area contributed by atoms with Crippen LogP contribution in [0.5, 0.6) is 0 Å². The second kappa shape index (κ2) is 5.65. The predicted molar refractivity (Wildman–Crippen MR) is 67.9 cm³/mol. The molecule has 4 nitrogen and oxygen atoms in total. The van der Waals surface area contributed by atoms with Crippen LogP contribution in [-0.4, -0.2) is 49.0 Å². The summed E-state index contributed by atoms with van der Waals surface area (Å²) >= 11 is 5.64. The molecule has 1 amide bonds. The number of hydrogen-bond donors (Lipinski definition) is 1. The van der Waals surface area contributed by atoms with Crippen LogP contribution in [0.2, 0.25) is 5.02 Å². The van der Waals surface area contributed by atoms with E-state index in [1.165, 1.54) is 12.1 Å². The Bertz CT molecular complexity index is 447. The maximum absolute atomic E-state index is 13.5. The van der Waals surface area contributed by atoms with Gasteiger partial charge in [0.1, 0.15) is 5.82 Å². The summed E-state index contributed by atoms with van der Waals surface area (Å²) in [5.74, 6) is -1.04. The Balaban J connectivity index is 1.99. The van der Waals surface area contributed by atoms with Crippen LogP contribution in [0.3, 0.4) is 0 Å². The second-order valence-electron chi connectivity index (χ2n) is 4.36. The summed E-state index contributed by atoms with van der Waals surface area (Å²) in [6.45, 7) is 3.22. The minimum atomic E-state index is -0.603. The van der Waals surface area contributed by atoms with Gasteiger partial charge < -0.3 is 4.90 Å². The van der Waals surface area contributed by atoms with Gasteiger partial charge >= 0.3 is 0 Å². The number of nitrogens with zero attached hydrogens (tertiary/aromatic N) is 2. The Labute approximate surface area is 110 Å². The summed E-state index contributed by atoms with van der Waals surface area (Å²) in [5, 5.41) is 2.08. The number of likely N-dealkylation sites (N-methyl/N-ethyl adjacent to an activating group) is 1. The van der Waals surface area contributed by atoms with E-state index in [-0.39, 0.29) is 10.6 Å². The van der Waals surface area contributed by atoms with Crippen LogP contribution in [0.4, 0.5) is 4.39 Å². The Morgan fingerprint density at radius 2 is 2.00 bits per heavy atom. The fourth-order valence-electron chi connectivity index (χ4n) is 1.80. The van der Waals surface area contributed by atoms with E-state index in [9.17, 15) is 9.18 Å². The number of carbonyl (C=O) groups is 1. The normalized spacial score (nSPS) is 17.7. The molecule has 0 spiro atoms. The van der Waals surface area contributed by atoms with E-state index in [0.717, 1.165) is 32.2 Å². The predicted octanol–water partition coefficient (Wildman–Crippen LogP) is 1.37. The Kier molecular flexibility index (Phi) is 4.16. The zero-order valence-corrected chi connectivity index (χ0v) is 10.9. The van der Waals surface area contributed by atoms with E-state index >= 15 is 0 Å². The lowest BCUT2D eigenvalue weighted by molar-refractivity contribution is 0.0659. The largest absolute Gasteiger partial charge is 0.304 e. The third-order valence-corrected chi connectivity index (χ3v) is 3.17. The Hall–Kier alpha value is -1.17. The highest BCUT2D eigenvalue weighted by atomic mass is 35.5. The van der Waals surface area contributed by atoms with E-state index in [4.69, 9.17) is 11.6 Å². The molecule has 6 heteroatoms. The van der Waals surface area contributed by atoms with E-state index in [1.54, 1.807) is 5.01 Å². The lowest BCUT2D eigenvalue weighted by Crippen LogP contribution is -2.52. The van der Waals surface area contributed by atoms with Gasteiger partial charge in [0, 0.05) is 31.2 Å². The van der Waals surface area contributed by atoms with E-state index < -0.39 is 11.7 Å². The lowest BCUT2D eigenvalue weighted by Gasteiger charge is -2.32. The highest BCUT2D eigenvalue weighted by Gasteiger charge is 2.18. The number of benzene rings is 1. The van der Waals surface area contributed by atoms with Crippen LogP contribution in [0.1, 0.15) is 10.4 Å². The average molecular weight is 272 g/mol. The van der Waals surface area contributed by atoms with E-state index in [0.29, 0.717) is 0 Å². The topological polar surface area (TPSA) is 35.6 Å². The van der Waals surface area contributed by atoms with Crippen molar-refractivity contribution in [1.82, 2.24) is 15.3 Å². The van der Waals surface area contributed by atoms with Crippen molar-refractivity contribution >= 4 is 17.5 Å². The molecule has 1 heterocycles. The number of hydrogen-bond acceptors (Lipinski definition) is 3. The third-order valence-electron chi connectivity index (χ3n) is 2.94. The molecular weight excluding hydrogens is 257 g/mol. The molecule has 0 aliphatic carbocycles. The first kappa shape index (κ1) is 13.3. The summed E-state index contributed by atoms with van der Waals surface area (Å²) in [7, 11) is 2.03. The molecule has 1 N–H and O–H groups in total. The zero-order valence-electron chi connectivity index (χ0n) is 10.1. The summed E-state index contributed by atoms with van der Waals surface area (Å²) in [6, 6.07) is 4.03. The van der Waals surface area contributed by atoms with Gasteiger partial charge in [-0.15, -0.1) is 0 Å². The van der Waals surface area contributed by atoms with Crippen molar-refractivity contribution in [3.63, 3.8) is 0 Å². The summed E-state index contributed by atoms with van der Waals surface area (Å²) in [4.78, 5) is 14.0. The molecule has 0 aromatic heterocycles. The van der Waals surface area contributed by atoms with Gasteiger partial charge in [-0.05, 0) is 25.2 Å². The molecule has 1 aliphatic heterocycles. The number of rotatable bonds is 2. The minimum absolute atomic E-state index is 0.0123. The molecule has 1 saturated heterocycles. The van der Waals surface area contributed by atoms with Gasteiger partial charge in [-0.1, -0.05) is 11.6 Å². The van der Waals surface area contributed by atoms with Crippen LogP contribution >= 0.6 is 11.6 Å². The first-order chi connectivity index (χ1) is 8.56. The van der Waals surface area contributed by atoms with Crippen molar-refractivity contribution in [3.05, 3.63) is 34.6 Å². The van der Waals surface area contributed by atoms with Gasteiger partial charge in [-0.3, -0.25) is 10.2 Å². The van der Waals surface area contributed by atoms with Gasteiger partial charge in [0.25, 0.3) is 5.91 Å². The van der Waals surface area contributed by atoms with Crippen molar-refractivity contribution in [2.24, 2.45) is 0 Å². The molecule has 1 aromatic carbocycles. The molecule has 0 atom stereocenters. The quantitative estimate of drug-likeness (QED) is 0.883. The molecule has 98 valence electrons. The van der Waals surface area contributed by atoms with Crippen LogP contribution in [0.15, 0.2) is 18.2 Å². The maximum atomic E-state index is 13.5. The Morgan fingerprint density at radius 3 is 2.61 bits per heavy atom. The molecule has 2 rings (SSSR count). The zero-order chi connectivity index (χ0) is 13.1. The minimum Gasteiger partial charge on any atom is -0.304 e. The molecular formula is C12H15ClFN3O. The van der Waals surface area contributed by atoms with Crippen molar-refractivity contribution in [2.75, 3.05) is 33.2 Å². The van der Waals surface area contributed by atoms with E-state index in [2.05, 4.69) is 10.3 Å². The van der Waals surface area contributed by atoms with E-state index in [1.807, 2.05) is 7.05 Å². The molecule has 1 aromatic rings. The van der Waals surface area contributed by atoms with Crippen molar-refractivity contribution in [2.45, 2.75) is 0 Å². The fourth-order valence-corrected chi connectivity index (χ4v) is 1.95. The lowest BCUT2D eigenvalue weighted by atomic mass is 10.2. The summed E-state index contributed by atoms with van der Waals surface area (Å²) in [6.07, 6.45) is 0. The third kappa shape index (κ3) is 3.19. The van der Waals surface area contributed by atoms with Gasteiger partial charge in [0.05, 0.1) is 5.56 Å². The Morgan fingerprint density at radius 1 is 1.33 bits per heavy atom. The standard InChI is InChI=1S/C12H15ClFN3O/c1-16-4-6-17(7-5-16)15-12(18)10-3-2-9(13)8-11(10)14/h2-3,8H,4-7H2,1H3,(H,15,18). The molecule has 0 radical (unpaired) electrons. The van der Waals surface area contributed by atoms with Gasteiger partial charge in [0.2, 0.25) is 0 Å². The van der Waals surface area contributed by atoms with Crippen molar-refractivity contribution in [3.8, 4) is 0 Å². The number of nitrogens with one attached hydrogen (secondary N) is 1. The SMILES string of the molecule is CN1CCN(NC(=O)c2ccc(Cl)cc2F)CC1. The summed E-state index contributed by atoms with van der Waals surface area (Å²) < 4.78 is 13.5. The molecule has 18 heavy (non-hydrogen) atoms. The van der Waals surface area contributed by atoms with Crippen LogP contribution in [0, 0.1) is 5.82 Å². The second-order valence-corrected chi connectivity index (χ2v) is 4.79. The van der Waals surface area contributed by atoms with Crippen molar-refractivity contribution in [1.29, 1.82) is 0 Å². The highest BCUT2D eigenvalue weighted by Crippen LogP contribution is 2.14. The first-order valence-corrected chi connectivity index (χ1v) is 6.13. The molecule has 0 bridgehead atoms. The monoisotopic (exact) mass is 271 g/mol. The van der Waals surface area contributed by atoms with Crippen LogP contribution in [-0.2, 0) is 0 Å². The van der Waals surface area contributed by atoms with Crippen LogP contribution in [0.25, 0.3) is 0 Å². The molecule has 0 saturated carbocycles. The van der Waals surface area contributed by atoms with Crippen molar-refractivity contribution < 1.29 is 9.18 Å². The van der Waals surface area contributed by atoms with Crippen LogP contribution < -0.4 is 5.43 Å². The number of piperazine rings is 1. The van der Waals surface area contributed by atoms with Gasteiger partial charge in [-0.2, -0.15) is 0 Å². The number of amides is 1. The average Bonchev–Trinajstić information content (AvgIpc) is 2.32. The highest BCUT2D eigenvalue weighted by molar-refractivity contribution is 6.30. The fraction of sp³-hybridized carbons (Fsp3) is 0.417. The summed E-state index contributed by atoms with van der Waals surface area (Å²) in [5.41, 5.74) is 2.71. The molecule has 0 unspecified atom stereocenters. The number of halogens is 2. The first-order valence-electron chi connectivity index (χ1n) is 5.76. The number of carbonyl (C=O) groups excluding carboxylic acids is 1. The maximum Gasteiger partial charge on any atom is 0.268 e. The molecule has 1 fully saturated rings. The molecule has 1 aliphatic rings. The number of hydrazine groups is 1. The van der Waals surface area contributed by atoms with Gasteiger partial charge in [0.15, 0.2) is 0 Å². The van der Waals surface area contributed by atoms with Gasteiger partial charge in [-0.25, -0.2) is 9.40 Å². The smallest absolute Gasteiger partial charge is 0.268 e.